The van der Waals surface area contributed by atoms with Crippen molar-refractivity contribution in [1.82, 2.24) is 4.98 Å². The van der Waals surface area contributed by atoms with Gasteiger partial charge in [0, 0.05) is 19.0 Å². The molecule has 2 heteroatoms. The number of rotatable bonds is 1. The molecule has 0 aromatic carbocycles. The van der Waals surface area contributed by atoms with Gasteiger partial charge in [0.25, 0.3) is 0 Å². The van der Waals surface area contributed by atoms with Crippen LogP contribution >= 0.6 is 0 Å². The molecule has 6 atom stereocenters. The first-order valence-electron chi connectivity index (χ1n) is 10.3. The summed E-state index contributed by atoms with van der Waals surface area (Å²) in [5, 5.41) is 0. The van der Waals surface area contributed by atoms with E-state index in [9.17, 15) is 0 Å². The van der Waals surface area contributed by atoms with Crippen molar-refractivity contribution in [1.29, 1.82) is 0 Å². The Labute approximate surface area is 152 Å². The second kappa shape index (κ2) is 5.42. The topological polar surface area (TPSA) is 22.1 Å². The van der Waals surface area contributed by atoms with Crippen LogP contribution in [0.1, 0.15) is 63.5 Å². The second-order valence-electron chi connectivity index (χ2n) is 9.63. The number of fused-ring (bicyclic) bond motifs is 5. The highest BCUT2D eigenvalue weighted by Crippen LogP contribution is 2.66. The van der Waals surface area contributed by atoms with Crippen molar-refractivity contribution in [3.63, 3.8) is 0 Å². The van der Waals surface area contributed by atoms with Crippen LogP contribution in [0.4, 0.5) is 0 Å². The lowest BCUT2D eigenvalue weighted by Crippen LogP contribution is -2.51. The molecule has 25 heavy (non-hydrogen) atoms. The lowest BCUT2D eigenvalue weighted by Gasteiger charge is -2.56. The Morgan fingerprint density at radius 3 is 2.80 bits per heavy atom. The summed E-state index contributed by atoms with van der Waals surface area (Å²) in [6.07, 6.45) is 15.1. The maximum absolute atomic E-state index is 6.13. The lowest BCUT2D eigenvalue weighted by atomic mass is 9.48. The van der Waals surface area contributed by atoms with E-state index >= 15 is 0 Å². The Balaban J connectivity index is 1.48. The molecule has 134 valence electrons. The van der Waals surface area contributed by atoms with Crippen LogP contribution in [0.3, 0.4) is 0 Å². The van der Waals surface area contributed by atoms with Crippen molar-refractivity contribution in [3.05, 3.63) is 35.7 Å². The van der Waals surface area contributed by atoms with Gasteiger partial charge < -0.3 is 4.74 Å². The zero-order valence-electron chi connectivity index (χ0n) is 15.9. The number of pyridine rings is 1. The molecule has 0 N–H and O–H groups in total. The van der Waals surface area contributed by atoms with Gasteiger partial charge in [0.05, 0.1) is 6.10 Å². The van der Waals surface area contributed by atoms with Gasteiger partial charge in [-0.15, -0.1) is 0 Å². The molecule has 5 rings (SSSR count). The highest BCUT2D eigenvalue weighted by molar-refractivity contribution is 5.72. The summed E-state index contributed by atoms with van der Waals surface area (Å²) >= 11 is 0. The highest BCUT2D eigenvalue weighted by atomic mass is 16.5. The third-order valence-corrected chi connectivity index (χ3v) is 8.51. The summed E-state index contributed by atoms with van der Waals surface area (Å²) in [7, 11) is 0. The van der Waals surface area contributed by atoms with Crippen molar-refractivity contribution in [2.45, 2.75) is 65.4 Å². The molecule has 0 radical (unpaired) electrons. The molecule has 3 fully saturated rings. The van der Waals surface area contributed by atoms with E-state index in [4.69, 9.17) is 4.74 Å². The molecule has 1 aromatic rings. The summed E-state index contributed by atoms with van der Waals surface area (Å²) in [5.74, 6) is 2.57. The molecule has 2 nitrogen and oxygen atoms in total. The largest absolute Gasteiger partial charge is 0.378 e. The number of allylic oxidation sites excluding steroid dienone is 2. The third kappa shape index (κ3) is 2.16. The van der Waals surface area contributed by atoms with Crippen molar-refractivity contribution in [3.8, 4) is 0 Å². The maximum atomic E-state index is 6.13. The minimum Gasteiger partial charge on any atom is -0.378 e. The van der Waals surface area contributed by atoms with E-state index in [1.165, 1.54) is 49.7 Å². The number of hydrogen-bond acceptors (Lipinski definition) is 2. The Bertz CT molecular complexity index is 725. The van der Waals surface area contributed by atoms with Crippen LogP contribution in [0.2, 0.25) is 0 Å². The third-order valence-electron chi connectivity index (χ3n) is 8.51. The summed E-state index contributed by atoms with van der Waals surface area (Å²) in [6, 6.07) is 2.33. The molecule has 4 aliphatic rings. The highest BCUT2D eigenvalue weighted by Gasteiger charge is 2.59. The molecular weight excluding hydrogens is 306 g/mol. The summed E-state index contributed by atoms with van der Waals surface area (Å²) in [6.45, 7) is 8.24. The average Bonchev–Trinajstić information content (AvgIpc) is 3.14. The van der Waals surface area contributed by atoms with Crippen molar-refractivity contribution < 1.29 is 4.74 Å². The van der Waals surface area contributed by atoms with E-state index in [1.807, 2.05) is 6.20 Å². The zero-order chi connectivity index (χ0) is 17.2. The molecule has 3 aliphatic carbocycles. The Morgan fingerprint density at radius 2 is 1.96 bits per heavy atom. The minimum absolute atomic E-state index is 0.347. The molecule has 0 bridgehead atoms. The first-order chi connectivity index (χ1) is 12.0. The predicted molar refractivity (Wildman–Crippen MR) is 101 cm³/mol. The van der Waals surface area contributed by atoms with Crippen molar-refractivity contribution >= 4 is 5.57 Å². The van der Waals surface area contributed by atoms with Gasteiger partial charge in [0.15, 0.2) is 0 Å². The maximum Gasteiger partial charge on any atom is 0.0632 e. The predicted octanol–water partition coefficient (Wildman–Crippen LogP) is 5.41. The van der Waals surface area contributed by atoms with E-state index < -0.39 is 0 Å². The second-order valence-corrected chi connectivity index (χ2v) is 9.63. The summed E-state index contributed by atoms with van der Waals surface area (Å²) in [4.78, 5) is 4.48. The quantitative estimate of drug-likeness (QED) is 0.683. The van der Waals surface area contributed by atoms with Gasteiger partial charge in [0.1, 0.15) is 0 Å². The SMILES string of the molecule is Cc1cncc(C2=CC[C@H]3[C@@H]4CC[C@H]5OCC[C@]5(C)[C@H]4CC[C@]23C)c1. The van der Waals surface area contributed by atoms with E-state index in [0.717, 1.165) is 24.4 Å². The molecule has 1 saturated heterocycles. The number of ether oxygens (including phenoxy) is 1. The minimum atomic E-state index is 0.347. The number of hydrogen-bond donors (Lipinski definition) is 0. The van der Waals surface area contributed by atoms with Gasteiger partial charge in [0.2, 0.25) is 0 Å². The van der Waals surface area contributed by atoms with Crippen LogP contribution in [0.15, 0.2) is 24.5 Å². The first kappa shape index (κ1) is 16.1. The van der Waals surface area contributed by atoms with Crippen LogP contribution < -0.4 is 0 Å². The Morgan fingerprint density at radius 1 is 1.08 bits per heavy atom. The van der Waals surface area contributed by atoms with Crippen LogP contribution in [0.5, 0.6) is 0 Å². The van der Waals surface area contributed by atoms with Crippen LogP contribution in [-0.4, -0.2) is 17.7 Å². The number of nitrogens with zero attached hydrogens (tertiary/aromatic N) is 1. The van der Waals surface area contributed by atoms with Crippen LogP contribution in [-0.2, 0) is 4.74 Å². The van der Waals surface area contributed by atoms with E-state index in [2.05, 4.69) is 44.1 Å². The van der Waals surface area contributed by atoms with E-state index in [0.29, 0.717) is 16.9 Å². The average molecular weight is 338 g/mol. The van der Waals surface area contributed by atoms with Gasteiger partial charge in [-0.1, -0.05) is 19.9 Å². The summed E-state index contributed by atoms with van der Waals surface area (Å²) in [5.41, 5.74) is 5.02. The van der Waals surface area contributed by atoms with Gasteiger partial charge in [-0.05, 0) is 96.8 Å². The van der Waals surface area contributed by atoms with Crippen LogP contribution in [0.25, 0.3) is 5.57 Å². The molecule has 0 amide bonds. The lowest BCUT2D eigenvalue weighted by molar-refractivity contribution is -0.0889. The van der Waals surface area contributed by atoms with E-state index in [1.54, 1.807) is 5.57 Å². The molecule has 2 saturated carbocycles. The Kier molecular flexibility index (Phi) is 3.48. The summed E-state index contributed by atoms with van der Waals surface area (Å²) < 4.78 is 6.13. The zero-order valence-corrected chi connectivity index (χ0v) is 15.9. The van der Waals surface area contributed by atoms with Crippen LogP contribution in [0, 0.1) is 35.5 Å². The van der Waals surface area contributed by atoms with Gasteiger partial charge in [-0.25, -0.2) is 0 Å². The van der Waals surface area contributed by atoms with E-state index in [-0.39, 0.29) is 0 Å². The normalized spacial score (nSPS) is 45.5. The molecular formula is C23H31NO. The fourth-order valence-corrected chi connectivity index (χ4v) is 7.18. The molecule has 0 spiro atoms. The van der Waals surface area contributed by atoms with Gasteiger partial charge in [-0.3, -0.25) is 4.98 Å². The molecule has 2 heterocycles. The smallest absolute Gasteiger partial charge is 0.0632 e. The molecule has 0 unspecified atom stereocenters. The van der Waals surface area contributed by atoms with Gasteiger partial charge >= 0.3 is 0 Å². The fourth-order valence-electron chi connectivity index (χ4n) is 7.18. The molecule has 1 aliphatic heterocycles. The van der Waals surface area contributed by atoms with Crippen molar-refractivity contribution in [2.75, 3.05) is 6.61 Å². The number of aryl methyl sites for hydroxylation is 1. The van der Waals surface area contributed by atoms with Gasteiger partial charge in [-0.2, -0.15) is 0 Å². The fraction of sp³-hybridized carbons (Fsp3) is 0.696. The number of aromatic nitrogens is 1. The monoisotopic (exact) mass is 337 g/mol. The molecule has 1 aromatic heterocycles. The standard InChI is InChI=1S/C23H31NO/c1-15-12-16(14-24-13-15)18-5-6-19-17-4-7-21-23(3,10-11-25-21)20(17)8-9-22(18,19)2/h5,12-14,17,19-21H,4,6-11H2,1-3H3/t17-,19-,20-,21+,22+,23+/m0/s1. The van der Waals surface area contributed by atoms with Crippen molar-refractivity contribution in [2.24, 2.45) is 28.6 Å². The Hall–Kier alpha value is -1.15. The first-order valence-corrected chi connectivity index (χ1v) is 10.3.